The molecular weight excluding hydrogens is 460 g/mol. The zero-order valence-corrected chi connectivity index (χ0v) is 17.3. The molecule has 0 saturated heterocycles. The molecular formula is C21H12BrClN2O4. The summed E-state index contributed by atoms with van der Waals surface area (Å²) in [7, 11) is 0. The minimum absolute atomic E-state index is 0.00421. The monoisotopic (exact) mass is 470 g/mol. The number of aryl methyl sites for hydroxylation is 1. The Balaban J connectivity index is 1.84. The number of carbonyl (C=O) groups excluding carboxylic acids is 1. The van der Waals surface area contributed by atoms with E-state index in [4.69, 9.17) is 20.5 Å². The highest BCUT2D eigenvalue weighted by atomic mass is 79.9. The van der Waals surface area contributed by atoms with Gasteiger partial charge in [0, 0.05) is 15.6 Å². The van der Waals surface area contributed by atoms with Gasteiger partial charge in [-0.15, -0.1) is 0 Å². The van der Waals surface area contributed by atoms with Crippen molar-refractivity contribution in [2.75, 3.05) is 4.90 Å². The molecule has 1 aliphatic heterocycles. The van der Waals surface area contributed by atoms with E-state index in [9.17, 15) is 9.59 Å². The molecule has 144 valence electrons. The Morgan fingerprint density at radius 3 is 2.69 bits per heavy atom. The van der Waals surface area contributed by atoms with Crippen LogP contribution in [0.15, 0.2) is 66.7 Å². The zero-order valence-electron chi connectivity index (χ0n) is 15.0. The molecule has 0 spiro atoms. The predicted octanol–water partition coefficient (Wildman–Crippen LogP) is 5.26. The van der Waals surface area contributed by atoms with E-state index in [2.05, 4.69) is 21.1 Å². The largest absolute Gasteiger partial charge is 0.450 e. The molecule has 5 rings (SSSR count). The predicted molar refractivity (Wildman–Crippen MR) is 112 cm³/mol. The van der Waals surface area contributed by atoms with Gasteiger partial charge >= 0.3 is 0 Å². The van der Waals surface area contributed by atoms with Gasteiger partial charge in [-0.3, -0.25) is 14.5 Å². The minimum Gasteiger partial charge on any atom is -0.450 e. The first-order chi connectivity index (χ1) is 13.9. The number of amides is 1. The summed E-state index contributed by atoms with van der Waals surface area (Å²) in [5.41, 5.74) is 0.993. The smallest absolute Gasteiger partial charge is 0.296 e. The second kappa shape index (κ2) is 6.57. The van der Waals surface area contributed by atoms with Crippen molar-refractivity contribution in [3.05, 3.63) is 90.9 Å². The summed E-state index contributed by atoms with van der Waals surface area (Å²) in [5.74, 6) is 0.381. The van der Waals surface area contributed by atoms with E-state index < -0.39 is 11.9 Å². The van der Waals surface area contributed by atoms with E-state index in [1.54, 1.807) is 49.4 Å². The Bertz CT molecular complexity index is 1360. The van der Waals surface area contributed by atoms with Crippen molar-refractivity contribution >= 4 is 50.2 Å². The van der Waals surface area contributed by atoms with Gasteiger partial charge in [0.1, 0.15) is 11.3 Å². The average Bonchev–Trinajstić information content (AvgIpc) is 3.24. The minimum atomic E-state index is -0.736. The number of rotatable bonds is 2. The van der Waals surface area contributed by atoms with Crippen LogP contribution in [0.2, 0.25) is 5.02 Å². The third-order valence-corrected chi connectivity index (χ3v) is 5.59. The third kappa shape index (κ3) is 2.81. The molecule has 29 heavy (non-hydrogen) atoms. The van der Waals surface area contributed by atoms with Crippen molar-refractivity contribution in [1.82, 2.24) is 5.16 Å². The number of hydrogen-bond donors (Lipinski definition) is 0. The zero-order chi connectivity index (χ0) is 20.3. The van der Waals surface area contributed by atoms with Crippen LogP contribution in [0, 0.1) is 6.92 Å². The van der Waals surface area contributed by atoms with E-state index in [1.165, 1.54) is 4.90 Å². The first-order valence-electron chi connectivity index (χ1n) is 8.72. The van der Waals surface area contributed by atoms with Crippen molar-refractivity contribution in [2.24, 2.45) is 0 Å². The molecule has 1 amide bonds. The van der Waals surface area contributed by atoms with Crippen LogP contribution in [0.1, 0.15) is 33.5 Å². The molecule has 0 saturated carbocycles. The van der Waals surface area contributed by atoms with Gasteiger partial charge in [0.05, 0.1) is 17.0 Å². The van der Waals surface area contributed by atoms with Crippen molar-refractivity contribution in [1.29, 1.82) is 0 Å². The van der Waals surface area contributed by atoms with E-state index in [0.717, 1.165) is 4.47 Å². The number of aromatic nitrogens is 1. The fraction of sp³-hybridized carbons (Fsp3) is 0.0952. The van der Waals surface area contributed by atoms with Gasteiger partial charge < -0.3 is 8.94 Å². The highest BCUT2D eigenvalue weighted by Crippen LogP contribution is 2.41. The maximum Gasteiger partial charge on any atom is 0.296 e. The summed E-state index contributed by atoms with van der Waals surface area (Å²) in [5, 5.41) is 4.87. The molecule has 0 N–H and O–H groups in total. The second-order valence-corrected chi connectivity index (χ2v) is 8.10. The van der Waals surface area contributed by atoms with Crippen LogP contribution in [0.4, 0.5) is 5.82 Å². The molecule has 8 heteroatoms. The van der Waals surface area contributed by atoms with Gasteiger partial charge in [0.2, 0.25) is 5.76 Å². The Kier molecular flexibility index (Phi) is 4.11. The van der Waals surface area contributed by atoms with Crippen LogP contribution in [-0.2, 0) is 0 Å². The van der Waals surface area contributed by atoms with Gasteiger partial charge in [-0.2, -0.15) is 0 Å². The van der Waals surface area contributed by atoms with E-state index >= 15 is 0 Å². The molecule has 3 heterocycles. The molecule has 1 aliphatic rings. The van der Waals surface area contributed by atoms with Crippen molar-refractivity contribution < 1.29 is 13.7 Å². The molecule has 2 aromatic carbocycles. The summed E-state index contributed by atoms with van der Waals surface area (Å²) in [6.07, 6.45) is 0. The molecule has 4 aromatic rings. The summed E-state index contributed by atoms with van der Waals surface area (Å²) < 4.78 is 11.8. The van der Waals surface area contributed by atoms with E-state index in [-0.39, 0.29) is 16.8 Å². The standard InChI is InChI=1S/C21H12BrClN2O4/c1-10-7-16(24-29-10)25-18(11-3-2-4-13(23)8-11)17-19(26)14-9-12(22)5-6-15(14)28-20(17)21(25)27/h2-9,18H,1H3/t18-/m1/s1. The van der Waals surface area contributed by atoms with Crippen LogP contribution >= 0.6 is 27.5 Å². The van der Waals surface area contributed by atoms with Gasteiger partial charge in [-0.05, 0) is 42.8 Å². The molecule has 0 fully saturated rings. The normalized spacial score (nSPS) is 15.9. The summed E-state index contributed by atoms with van der Waals surface area (Å²) in [4.78, 5) is 28.1. The lowest BCUT2D eigenvalue weighted by Crippen LogP contribution is -2.29. The van der Waals surface area contributed by atoms with Crippen LogP contribution in [0.25, 0.3) is 11.0 Å². The Morgan fingerprint density at radius 1 is 1.14 bits per heavy atom. The first kappa shape index (κ1) is 18.1. The average molecular weight is 472 g/mol. The number of anilines is 1. The lowest BCUT2D eigenvalue weighted by molar-refractivity contribution is 0.0969. The summed E-state index contributed by atoms with van der Waals surface area (Å²) in [6.45, 7) is 1.73. The second-order valence-electron chi connectivity index (χ2n) is 6.74. The van der Waals surface area contributed by atoms with Crippen LogP contribution < -0.4 is 10.3 Å². The maximum atomic E-state index is 13.4. The van der Waals surface area contributed by atoms with Crippen molar-refractivity contribution in [3.63, 3.8) is 0 Å². The summed E-state index contributed by atoms with van der Waals surface area (Å²) >= 11 is 9.58. The van der Waals surface area contributed by atoms with Crippen LogP contribution in [-0.4, -0.2) is 11.1 Å². The summed E-state index contributed by atoms with van der Waals surface area (Å²) in [6, 6.07) is 13.0. The molecule has 0 bridgehead atoms. The van der Waals surface area contributed by atoms with Gasteiger partial charge in [-0.1, -0.05) is 44.8 Å². The lowest BCUT2D eigenvalue weighted by Gasteiger charge is -2.22. The Morgan fingerprint density at radius 2 is 1.97 bits per heavy atom. The quantitative estimate of drug-likeness (QED) is 0.399. The molecule has 0 aliphatic carbocycles. The number of fused-ring (bicyclic) bond motifs is 2. The highest BCUT2D eigenvalue weighted by Gasteiger charge is 2.44. The number of hydrogen-bond acceptors (Lipinski definition) is 5. The van der Waals surface area contributed by atoms with E-state index in [1.807, 2.05) is 6.07 Å². The van der Waals surface area contributed by atoms with Gasteiger partial charge in [0.25, 0.3) is 5.91 Å². The van der Waals surface area contributed by atoms with Crippen molar-refractivity contribution in [3.8, 4) is 0 Å². The molecule has 2 aromatic heterocycles. The van der Waals surface area contributed by atoms with Crippen LogP contribution in [0.3, 0.4) is 0 Å². The van der Waals surface area contributed by atoms with Crippen LogP contribution in [0.5, 0.6) is 0 Å². The number of nitrogens with zero attached hydrogens (tertiary/aromatic N) is 2. The molecule has 0 unspecified atom stereocenters. The maximum absolute atomic E-state index is 13.4. The highest BCUT2D eigenvalue weighted by molar-refractivity contribution is 9.10. The number of benzene rings is 2. The molecule has 1 atom stereocenters. The number of carbonyl (C=O) groups is 1. The fourth-order valence-corrected chi connectivity index (χ4v) is 4.20. The van der Waals surface area contributed by atoms with Gasteiger partial charge in [0.15, 0.2) is 11.2 Å². The SMILES string of the molecule is Cc1cc(N2C(=O)c3oc4ccc(Br)cc4c(=O)c3[C@H]2c2cccc(Cl)c2)no1. The third-order valence-electron chi connectivity index (χ3n) is 4.86. The first-order valence-corrected chi connectivity index (χ1v) is 9.90. The van der Waals surface area contributed by atoms with Crippen molar-refractivity contribution in [2.45, 2.75) is 13.0 Å². The van der Waals surface area contributed by atoms with E-state index in [0.29, 0.717) is 33.1 Å². The fourth-order valence-electron chi connectivity index (χ4n) is 3.64. The molecule has 6 nitrogen and oxygen atoms in total. The lowest BCUT2D eigenvalue weighted by atomic mass is 9.98. The number of halogens is 2. The Labute approximate surface area is 177 Å². The Hall–Kier alpha value is -2.90. The van der Waals surface area contributed by atoms with Gasteiger partial charge in [-0.25, -0.2) is 0 Å². The molecule has 0 radical (unpaired) electrons. The topological polar surface area (TPSA) is 76.6 Å².